The number of aromatic carboxylic acids is 1. The van der Waals surface area contributed by atoms with Gasteiger partial charge in [0.1, 0.15) is 0 Å². The second-order valence-electron chi connectivity index (χ2n) is 7.85. The zero-order valence-corrected chi connectivity index (χ0v) is 18.6. The highest BCUT2D eigenvalue weighted by atomic mass is 32.2. The van der Waals surface area contributed by atoms with Crippen molar-refractivity contribution < 1.29 is 14.6 Å². The van der Waals surface area contributed by atoms with Crippen LogP contribution < -0.4 is 15.6 Å². The van der Waals surface area contributed by atoms with Crippen LogP contribution in [0.4, 0.5) is 5.69 Å². The Morgan fingerprint density at radius 1 is 1.06 bits per heavy atom. The molecular weight excluding hydrogens is 436 g/mol. The van der Waals surface area contributed by atoms with E-state index in [-0.39, 0.29) is 11.1 Å². The maximum Gasteiger partial charge on any atom is 0.335 e. The summed E-state index contributed by atoms with van der Waals surface area (Å²) < 4.78 is 1.69. The van der Waals surface area contributed by atoms with Crippen LogP contribution in [0, 0.1) is 6.92 Å². The van der Waals surface area contributed by atoms with E-state index in [0.29, 0.717) is 16.6 Å². The molecule has 0 saturated carbocycles. The summed E-state index contributed by atoms with van der Waals surface area (Å²) in [6.45, 7) is 2.05. The number of nitrogens with one attached hydrogen (secondary N) is 2. The molecule has 0 aliphatic carbocycles. The largest absolute Gasteiger partial charge is 0.478 e. The molecule has 33 heavy (non-hydrogen) atoms. The fourth-order valence-electron chi connectivity index (χ4n) is 3.82. The van der Waals surface area contributed by atoms with Gasteiger partial charge in [0.2, 0.25) is 5.16 Å². The Morgan fingerprint density at radius 3 is 2.52 bits per heavy atom. The van der Waals surface area contributed by atoms with Gasteiger partial charge in [-0.25, -0.2) is 4.79 Å². The lowest BCUT2D eigenvalue weighted by atomic mass is 10.0. The Bertz CT molecular complexity index is 1400. The topological polar surface area (TPSA) is 99.0 Å². The third-order valence-electron chi connectivity index (χ3n) is 5.55. The molecule has 164 valence electrons. The van der Waals surface area contributed by atoms with E-state index in [0.717, 1.165) is 22.4 Å². The number of fused-ring (bicyclic) bond motifs is 3. The fraction of sp³-hybridized carbons (Fsp3) is 0.120. The van der Waals surface area contributed by atoms with Gasteiger partial charge in [0, 0.05) is 16.4 Å². The monoisotopic (exact) mass is 457 g/mol. The molecule has 0 amide bonds. The van der Waals surface area contributed by atoms with Crippen LogP contribution in [-0.4, -0.2) is 21.2 Å². The van der Waals surface area contributed by atoms with Crippen molar-refractivity contribution in [3.05, 3.63) is 105 Å². The van der Waals surface area contributed by atoms with Gasteiger partial charge in [-0.15, -0.1) is 0 Å². The number of aromatic amines is 1. The number of carboxylic acid groups (broad SMARTS) is 1. The molecule has 1 aliphatic rings. The zero-order chi connectivity index (χ0) is 22.9. The molecule has 0 bridgehead atoms. The summed E-state index contributed by atoms with van der Waals surface area (Å²) >= 11 is 1.46. The first-order valence-electron chi connectivity index (χ1n) is 10.4. The number of carbonyl (C=O) groups is 1. The summed E-state index contributed by atoms with van der Waals surface area (Å²) in [5.41, 5.74) is 5.15. The molecule has 0 unspecified atom stereocenters. The normalized spacial score (nSPS) is 14.2. The molecule has 5 rings (SSSR count). The van der Waals surface area contributed by atoms with Crippen LogP contribution in [0.5, 0.6) is 0 Å². The SMILES string of the molecule is Cc1ccc(CSc2n[n+]3c(c(=O)[nH]2)-c2ccccc2N[C@H]3c2ccc(C(=O)O)cc2)cc1. The number of carboxylic acids is 1. The van der Waals surface area contributed by atoms with Crippen molar-refractivity contribution in [1.29, 1.82) is 0 Å². The van der Waals surface area contributed by atoms with Crippen LogP contribution in [0.3, 0.4) is 0 Å². The van der Waals surface area contributed by atoms with Gasteiger partial charge in [-0.2, -0.15) is 0 Å². The lowest BCUT2D eigenvalue weighted by molar-refractivity contribution is -0.759. The summed E-state index contributed by atoms with van der Waals surface area (Å²) in [6.07, 6.45) is -0.459. The standard InChI is InChI=1S/C25H20N4O3S/c1-15-6-8-16(9-7-15)14-33-25-27-23(30)21-19-4-2-3-5-20(19)26-22(29(21)28-25)17-10-12-18(13-11-17)24(31)32/h2-13,22H,14H2,1H3,(H2,27,28,30,31,32)/p+1/t22-/m1/s1. The minimum absolute atomic E-state index is 0.202. The molecule has 1 aliphatic heterocycles. The maximum atomic E-state index is 13.2. The van der Waals surface area contributed by atoms with Crippen molar-refractivity contribution in [2.75, 3.05) is 5.32 Å². The van der Waals surface area contributed by atoms with E-state index in [2.05, 4.69) is 34.6 Å². The number of rotatable bonds is 5. The zero-order valence-electron chi connectivity index (χ0n) is 17.8. The Hall–Kier alpha value is -3.91. The van der Waals surface area contributed by atoms with Crippen molar-refractivity contribution in [1.82, 2.24) is 10.1 Å². The van der Waals surface area contributed by atoms with Gasteiger partial charge in [0.05, 0.1) is 16.8 Å². The minimum atomic E-state index is -0.985. The highest BCUT2D eigenvalue weighted by Gasteiger charge is 2.37. The van der Waals surface area contributed by atoms with Crippen LogP contribution in [0.1, 0.15) is 33.2 Å². The third-order valence-corrected chi connectivity index (χ3v) is 6.49. The summed E-state index contributed by atoms with van der Waals surface area (Å²) in [6, 6.07) is 22.4. The predicted octanol–water partition coefficient (Wildman–Crippen LogP) is 4.00. The Labute approximate surface area is 194 Å². The molecule has 4 aromatic rings. The van der Waals surface area contributed by atoms with Crippen LogP contribution in [0.15, 0.2) is 82.7 Å². The second kappa shape index (κ2) is 8.55. The van der Waals surface area contributed by atoms with E-state index in [9.17, 15) is 14.7 Å². The van der Waals surface area contributed by atoms with E-state index in [1.165, 1.54) is 17.3 Å². The highest BCUT2D eigenvalue weighted by Crippen LogP contribution is 2.31. The number of benzene rings is 3. The molecule has 2 heterocycles. The third kappa shape index (κ3) is 4.12. The number of thioether (sulfide) groups is 1. The predicted molar refractivity (Wildman–Crippen MR) is 126 cm³/mol. The minimum Gasteiger partial charge on any atom is -0.478 e. The van der Waals surface area contributed by atoms with E-state index in [1.807, 2.05) is 31.2 Å². The lowest BCUT2D eigenvalue weighted by Crippen LogP contribution is -2.55. The smallest absolute Gasteiger partial charge is 0.335 e. The van der Waals surface area contributed by atoms with E-state index in [1.54, 1.807) is 28.9 Å². The van der Waals surface area contributed by atoms with Gasteiger partial charge in [0.25, 0.3) is 6.17 Å². The van der Waals surface area contributed by atoms with Crippen molar-refractivity contribution in [3.63, 3.8) is 0 Å². The summed E-state index contributed by atoms with van der Waals surface area (Å²) in [5.74, 6) is -0.314. The Morgan fingerprint density at radius 2 is 1.79 bits per heavy atom. The van der Waals surface area contributed by atoms with Crippen molar-refractivity contribution >= 4 is 23.4 Å². The Balaban J connectivity index is 1.56. The molecular formula is C25H21N4O3S+. The summed E-state index contributed by atoms with van der Waals surface area (Å²) in [5, 5.41) is 18.0. The highest BCUT2D eigenvalue weighted by molar-refractivity contribution is 7.98. The van der Waals surface area contributed by atoms with Crippen LogP contribution in [0.2, 0.25) is 0 Å². The van der Waals surface area contributed by atoms with E-state index in [4.69, 9.17) is 5.10 Å². The van der Waals surface area contributed by atoms with Crippen LogP contribution in [0.25, 0.3) is 11.3 Å². The van der Waals surface area contributed by atoms with Gasteiger partial charge >= 0.3 is 17.2 Å². The van der Waals surface area contributed by atoms with Crippen molar-refractivity contribution in [3.8, 4) is 11.3 Å². The number of nitrogens with zero attached hydrogens (tertiary/aromatic N) is 2. The lowest BCUT2D eigenvalue weighted by Gasteiger charge is -2.22. The first kappa shape index (κ1) is 21.0. The first-order chi connectivity index (χ1) is 16.0. The maximum absolute atomic E-state index is 13.2. The van der Waals surface area contributed by atoms with Crippen molar-refractivity contribution in [2.24, 2.45) is 0 Å². The molecule has 0 spiro atoms. The fourth-order valence-corrected chi connectivity index (χ4v) is 4.63. The average Bonchev–Trinajstić information content (AvgIpc) is 2.83. The van der Waals surface area contributed by atoms with Gasteiger partial charge in [0.15, 0.2) is 0 Å². The van der Waals surface area contributed by atoms with E-state index < -0.39 is 12.1 Å². The summed E-state index contributed by atoms with van der Waals surface area (Å²) in [7, 11) is 0. The molecule has 0 fully saturated rings. The number of hydrogen-bond acceptors (Lipinski definition) is 5. The molecule has 8 heteroatoms. The summed E-state index contributed by atoms with van der Waals surface area (Å²) in [4.78, 5) is 27.4. The van der Waals surface area contributed by atoms with Crippen LogP contribution in [-0.2, 0) is 5.75 Å². The van der Waals surface area contributed by atoms with Crippen molar-refractivity contribution in [2.45, 2.75) is 24.0 Å². The van der Waals surface area contributed by atoms with Gasteiger partial charge < -0.3 is 10.4 Å². The molecule has 0 radical (unpaired) electrons. The van der Waals surface area contributed by atoms with Gasteiger partial charge in [-0.1, -0.05) is 53.7 Å². The molecule has 1 aromatic heterocycles. The number of hydrogen-bond donors (Lipinski definition) is 3. The number of aryl methyl sites for hydroxylation is 1. The Kier molecular flexibility index (Phi) is 5.43. The molecule has 0 saturated heterocycles. The van der Waals surface area contributed by atoms with Gasteiger partial charge in [-0.05, 0) is 53.6 Å². The quantitative estimate of drug-likeness (QED) is 0.310. The first-order valence-corrected chi connectivity index (χ1v) is 11.4. The average molecular weight is 458 g/mol. The second-order valence-corrected chi connectivity index (χ2v) is 8.81. The number of H-pyrrole nitrogens is 1. The number of para-hydroxylation sites is 1. The van der Waals surface area contributed by atoms with Crippen LogP contribution >= 0.6 is 11.8 Å². The van der Waals surface area contributed by atoms with E-state index >= 15 is 0 Å². The molecule has 7 nitrogen and oxygen atoms in total. The molecule has 3 N–H and O–H groups in total. The van der Waals surface area contributed by atoms with Gasteiger partial charge in [-0.3, -0.25) is 9.78 Å². The molecule has 1 atom stereocenters. The molecule has 3 aromatic carbocycles. The number of anilines is 1. The number of aromatic nitrogens is 3.